The van der Waals surface area contributed by atoms with Gasteiger partial charge in [0.15, 0.2) is 6.10 Å². The normalized spacial score (nSPS) is 16.4. The Morgan fingerprint density at radius 1 is 1.19 bits per heavy atom. The highest BCUT2D eigenvalue weighted by atomic mass is 79.9. The molecule has 1 aliphatic rings. The smallest absolute Gasteiger partial charge is 0.263 e. The predicted molar refractivity (Wildman–Crippen MR) is 109 cm³/mol. The number of rotatable bonds is 4. The van der Waals surface area contributed by atoms with Crippen LogP contribution in [0.25, 0.3) is 11.0 Å². The third kappa shape index (κ3) is 4.00. The summed E-state index contributed by atoms with van der Waals surface area (Å²) in [5.74, 6) is 2.14. The molecule has 27 heavy (non-hydrogen) atoms. The Hall–Kier alpha value is -2.34. The van der Waals surface area contributed by atoms with Gasteiger partial charge in [-0.15, -0.1) is 0 Å². The quantitative estimate of drug-likeness (QED) is 0.666. The number of para-hydroxylation sites is 2. The number of imidazole rings is 1. The van der Waals surface area contributed by atoms with Crippen molar-refractivity contribution >= 4 is 32.9 Å². The number of nitrogens with zero attached hydrogens (tertiary/aromatic N) is 2. The minimum Gasteiger partial charge on any atom is -0.481 e. The van der Waals surface area contributed by atoms with Crippen LogP contribution in [-0.2, 0) is 4.79 Å². The zero-order valence-corrected chi connectivity index (χ0v) is 16.8. The standard InChI is InChI=1S/C21H22BrN3O2/c1-14(27-17-8-6-16(22)7-9-17)21(26)25-12-10-15(11-13-25)20-23-18-4-2-3-5-19(18)24-20/h2-9,14-15H,10-13H2,1H3,(H,23,24)/t14-/m0/s1. The molecule has 0 radical (unpaired) electrons. The highest BCUT2D eigenvalue weighted by Crippen LogP contribution is 2.28. The van der Waals surface area contributed by atoms with E-state index in [0.717, 1.165) is 47.3 Å². The molecule has 0 bridgehead atoms. The number of benzene rings is 2. The van der Waals surface area contributed by atoms with E-state index in [4.69, 9.17) is 9.72 Å². The Balaban J connectivity index is 1.35. The maximum Gasteiger partial charge on any atom is 0.263 e. The summed E-state index contributed by atoms with van der Waals surface area (Å²) < 4.78 is 6.79. The fourth-order valence-electron chi connectivity index (χ4n) is 3.56. The highest BCUT2D eigenvalue weighted by molar-refractivity contribution is 9.10. The van der Waals surface area contributed by atoms with Crippen molar-refractivity contribution in [1.29, 1.82) is 0 Å². The van der Waals surface area contributed by atoms with Gasteiger partial charge in [-0.25, -0.2) is 4.98 Å². The first kappa shape index (κ1) is 18.0. The van der Waals surface area contributed by atoms with Crippen molar-refractivity contribution in [2.75, 3.05) is 13.1 Å². The van der Waals surface area contributed by atoms with Crippen LogP contribution in [0.1, 0.15) is 31.5 Å². The first-order valence-corrected chi connectivity index (χ1v) is 10.0. The molecule has 0 spiro atoms. The number of fused-ring (bicyclic) bond motifs is 1. The van der Waals surface area contributed by atoms with E-state index in [0.29, 0.717) is 11.7 Å². The maximum absolute atomic E-state index is 12.7. The summed E-state index contributed by atoms with van der Waals surface area (Å²) in [4.78, 5) is 22.8. The number of aromatic nitrogens is 2. The van der Waals surface area contributed by atoms with Crippen molar-refractivity contribution in [3.63, 3.8) is 0 Å². The van der Waals surface area contributed by atoms with Crippen LogP contribution in [0.15, 0.2) is 53.0 Å². The number of ether oxygens (including phenoxy) is 1. The van der Waals surface area contributed by atoms with Gasteiger partial charge in [0.05, 0.1) is 11.0 Å². The van der Waals surface area contributed by atoms with Crippen LogP contribution in [0, 0.1) is 0 Å². The van der Waals surface area contributed by atoms with Crippen molar-refractivity contribution < 1.29 is 9.53 Å². The SMILES string of the molecule is C[C@H](Oc1ccc(Br)cc1)C(=O)N1CCC(c2nc3ccccc3[nH]2)CC1. The molecule has 1 aromatic heterocycles. The lowest BCUT2D eigenvalue weighted by molar-refractivity contribution is -0.139. The molecular formula is C21H22BrN3O2. The maximum atomic E-state index is 12.7. The molecule has 0 saturated carbocycles. The van der Waals surface area contributed by atoms with E-state index < -0.39 is 6.10 Å². The fourth-order valence-corrected chi connectivity index (χ4v) is 3.83. The average Bonchev–Trinajstić information content (AvgIpc) is 3.13. The number of aromatic amines is 1. The molecule has 0 unspecified atom stereocenters. The van der Waals surface area contributed by atoms with Crippen LogP contribution in [0.3, 0.4) is 0 Å². The van der Waals surface area contributed by atoms with Crippen LogP contribution in [0.4, 0.5) is 0 Å². The lowest BCUT2D eigenvalue weighted by Gasteiger charge is -2.32. The zero-order valence-electron chi connectivity index (χ0n) is 15.2. The number of halogens is 1. The molecule has 4 rings (SSSR count). The molecule has 0 aliphatic carbocycles. The van der Waals surface area contributed by atoms with Gasteiger partial charge in [-0.3, -0.25) is 4.79 Å². The third-order valence-corrected chi connectivity index (χ3v) is 5.60. The Kier molecular flexibility index (Phi) is 5.16. The number of carbonyl (C=O) groups excluding carboxylic acids is 1. The van der Waals surface area contributed by atoms with Gasteiger partial charge in [0, 0.05) is 23.5 Å². The molecule has 1 aliphatic heterocycles. The van der Waals surface area contributed by atoms with E-state index in [1.807, 2.05) is 60.4 Å². The minimum atomic E-state index is -0.492. The summed E-state index contributed by atoms with van der Waals surface area (Å²) in [6, 6.07) is 15.6. The summed E-state index contributed by atoms with van der Waals surface area (Å²) in [5, 5.41) is 0. The number of hydrogen-bond donors (Lipinski definition) is 1. The van der Waals surface area contributed by atoms with E-state index in [1.54, 1.807) is 0 Å². The van der Waals surface area contributed by atoms with Crippen LogP contribution in [0.5, 0.6) is 5.75 Å². The van der Waals surface area contributed by atoms with Gasteiger partial charge in [0.25, 0.3) is 5.91 Å². The van der Waals surface area contributed by atoms with E-state index in [2.05, 4.69) is 20.9 Å². The summed E-state index contributed by atoms with van der Waals surface area (Å²) >= 11 is 3.40. The summed E-state index contributed by atoms with van der Waals surface area (Å²) in [6.45, 7) is 3.28. The van der Waals surface area contributed by atoms with Crippen LogP contribution >= 0.6 is 15.9 Å². The first-order chi connectivity index (χ1) is 13.1. The minimum absolute atomic E-state index is 0.0426. The second-order valence-electron chi connectivity index (χ2n) is 6.95. The Bertz CT molecular complexity index is 897. The fraction of sp³-hybridized carbons (Fsp3) is 0.333. The molecule has 3 aromatic rings. The van der Waals surface area contributed by atoms with Gasteiger partial charge in [0.1, 0.15) is 11.6 Å². The van der Waals surface area contributed by atoms with Crippen LogP contribution < -0.4 is 4.74 Å². The molecule has 1 N–H and O–H groups in total. The second-order valence-corrected chi connectivity index (χ2v) is 7.87. The van der Waals surface area contributed by atoms with E-state index >= 15 is 0 Å². The van der Waals surface area contributed by atoms with Crippen LogP contribution in [-0.4, -0.2) is 40.0 Å². The van der Waals surface area contributed by atoms with Crippen molar-refractivity contribution in [2.45, 2.75) is 31.8 Å². The van der Waals surface area contributed by atoms with E-state index in [9.17, 15) is 4.79 Å². The van der Waals surface area contributed by atoms with Crippen molar-refractivity contribution in [1.82, 2.24) is 14.9 Å². The number of likely N-dealkylation sites (tertiary alicyclic amines) is 1. The Morgan fingerprint density at radius 2 is 1.89 bits per heavy atom. The van der Waals surface area contributed by atoms with E-state index in [-0.39, 0.29) is 5.91 Å². The molecule has 2 heterocycles. The second kappa shape index (κ2) is 7.72. The van der Waals surface area contributed by atoms with Gasteiger partial charge in [0.2, 0.25) is 0 Å². The molecular weight excluding hydrogens is 406 g/mol. The third-order valence-electron chi connectivity index (χ3n) is 5.08. The Labute approximate surface area is 166 Å². The first-order valence-electron chi connectivity index (χ1n) is 9.26. The van der Waals surface area contributed by atoms with E-state index in [1.165, 1.54) is 0 Å². The number of carbonyl (C=O) groups is 1. The van der Waals surface area contributed by atoms with Gasteiger partial charge in [-0.1, -0.05) is 28.1 Å². The molecule has 140 valence electrons. The van der Waals surface area contributed by atoms with Crippen LogP contribution in [0.2, 0.25) is 0 Å². The molecule has 2 aromatic carbocycles. The number of H-pyrrole nitrogens is 1. The largest absolute Gasteiger partial charge is 0.481 e. The molecule has 1 fully saturated rings. The van der Waals surface area contributed by atoms with Gasteiger partial charge >= 0.3 is 0 Å². The molecule has 5 nitrogen and oxygen atoms in total. The molecule has 1 amide bonds. The van der Waals surface area contributed by atoms with Crippen molar-refractivity contribution in [2.24, 2.45) is 0 Å². The number of piperidine rings is 1. The summed E-state index contributed by atoms with van der Waals surface area (Å²) in [7, 11) is 0. The summed E-state index contributed by atoms with van der Waals surface area (Å²) in [6.07, 6.45) is 1.33. The number of amides is 1. The molecule has 1 saturated heterocycles. The van der Waals surface area contributed by atoms with Gasteiger partial charge < -0.3 is 14.6 Å². The topological polar surface area (TPSA) is 58.2 Å². The molecule has 6 heteroatoms. The number of hydrogen-bond acceptors (Lipinski definition) is 3. The Morgan fingerprint density at radius 3 is 2.59 bits per heavy atom. The average molecular weight is 428 g/mol. The lowest BCUT2D eigenvalue weighted by atomic mass is 9.96. The highest BCUT2D eigenvalue weighted by Gasteiger charge is 2.28. The predicted octanol–water partition coefficient (Wildman–Crippen LogP) is 4.50. The number of nitrogens with one attached hydrogen (secondary N) is 1. The molecule has 1 atom stereocenters. The summed E-state index contributed by atoms with van der Waals surface area (Å²) in [5.41, 5.74) is 2.07. The van der Waals surface area contributed by atoms with Gasteiger partial charge in [-0.05, 0) is 56.2 Å². The van der Waals surface area contributed by atoms with Crippen molar-refractivity contribution in [3.05, 3.63) is 58.8 Å². The lowest BCUT2D eigenvalue weighted by Crippen LogP contribution is -2.44. The zero-order chi connectivity index (χ0) is 18.8. The van der Waals surface area contributed by atoms with Gasteiger partial charge in [-0.2, -0.15) is 0 Å². The monoisotopic (exact) mass is 427 g/mol. The van der Waals surface area contributed by atoms with Crippen molar-refractivity contribution in [3.8, 4) is 5.75 Å².